The number of imide groups is 1. The third-order valence-corrected chi connectivity index (χ3v) is 5.17. The van der Waals surface area contributed by atoms with E-state index in [0.29, 0.717) is 11.1 Å². The summed E-state index contributed by atoms with van der Waals surface area (Å²) in [5.74, 6) is -0.688. The molecule has 0 aliphatic carbocycles. The average Bonchev–Trinajstić information content (AvgIpc) is 2.81. The molecule has 6 heteroatoms. The molecule has 0 radical (unpaired) electrons. The van der Waals surface area contributed by atoms with Crippen molar-refractivity contribution in [3.63, 3.8) is 0 Å². The number of Topliss-reactive ketones (excluding diaryl/α,β-unsaturated/α-hetero) is 1. The van der Waals surface area contributed by atoms with E-state index in [2.05, 4.69) is 21.2 Å². The molecule has 3 amide bonds. The molecule has 2 aromatic rings. The molecule has 1 aliphatic rings. The van der Waals surface area contributed by atoms with Crippen molar-refractivity contribution in [3.05, 3.63) is 69.2 Å². The van der Waals surface area contributed by atoms with Gasteiger partial charge in [-0.3, -0.25) is 14.5 Å². The second-order valence-corrected chi connectivity index (χ2v) is 7.61. The molecular weight excluding hydrogens is 396 g/mol. The fourth-order valence-electron chi connectivity index (χ4n) is 3.10. The summed E-state index contributed by atoms with van der Waals surface area (Å²) in [6.45, 7) is 5.11. The van der Waals surface area contributed by atoms with Crippen molar-refractivity contribution in [2.45, 2.75) is 26.3 Å². The number of nitrogens with one attached hydrogen (secondary N) is 1. The van der Waals surface area contributed by atoms with Crippen LogP contribution in [0.5, 0.6) is 0 Å². The second kappa shape index (κ2) is 6.68. The molecule has 0 bridgehead atoms. The number of amides is 3. The van der Waals surface area contributed by atoms with Gasteiger partial charge in [0.15, 0.2) is 5.78 Å². The van der Waals surface area contributed by atoms with Crippen molar-refractivity contribution in [3.8, 4) is 0 Å². The molecule has 1 N–H and O–H groups in total. The van der Waals surface area contributed by atoms with Crippen LogP contribution in [-0.2, 0) is 10.3 Å². The number of carbonyl (C=O) groups excluding carboxylic acids is 3. The van der Waals surface area contributed by atoms with Gasteiger partial charge in [-0.25, -0.2) is 4.79 Å². The number of benzene rings is 2. The quantitative estimate of drug-likeness (QED) is 0.612. The van der Waals surface area contributed by atoms with Gasteiger partial charge in [0.25, 0.3) is 5.91 Å². The Morgan fingerprint density at radius 2 is 1.88 bits per heavy atom. The maximum atomic E-state index is 12.9. The smallest absolute Gasteiger partial charge is 0.319 e. The molecule has 0 saturated carbocycles. The zero-order valence-electron chi connectivity index (χ0n) is 14.8. The Kier molecular flexibility index (Phi) is 4.71. The van der Waals surface area contributed by atoms with Gasteiger partial charge in [-0.15, -0.1) is 0 Å². The number of nitrogens with zero attached hydrogens (tertiary/aromatic N) is 1. The van der Waals surface area contributed by atoms with Crippen LogP contribution in [0.1, 0.15) is 34.0 Å². The van der Waals surface area contributed by atoms with Crippen LogP contribution in [0.25, 0.3) is 0 Å². The van der Waals surface area contributed by atoms with E-state index < -0.39 is 17.5 Å². The maximum absolute atomic E-state index is 12.9. The van der Waals surface area contributed by atoms with Crippen LogP contribution in [0.15, 0.2) is 46.9 Å². The third kappa shape index (κ3) is 3.17. The standard InChI is InChI=1S/C20H19BrN2O3/c1-12-7-8-13(2)16(9-12)17(24)11-23-18(25)20(3,22-19(23)26)14-5-4-6-15(21)10-14/h4-10H,11H2,1-3H3,(H,22,26)/t20-/m1/s1. The summed E-state index contributed by atoms with van der Waals surface area (Å²) in [4.78, 5) is 39.0. The number of aryl methyl sites for hydroxylation is 2. The lowest BCUT2D eigenvalue weighted by molar-refractivity contribution is -0.130. The Morgan fingerprint density at radius 3 is 2.58 bits per heavy atom. The minimum Gasteiger partial charge on any atom is -0.319 e. The Hall–Kier alpha value is -2.47. The zero-order valence-corrected chi connectivity index (χ0v) is 16.4. The molecule has 3 rings (SSSR count). The van der Waals surface area contributed by atoms with Gasteiger partial charge in [-0.1, -0.05) is 45.8 Å². The Bertz CT molecular complexity index is 925. The number of ketones is 1. The number of hydrogen-bond acceptors (Lipinski definition) is 3. The summed E-state index contributed by atoms with van der Waals surface area (Å²) >= 11 is 3.38. The molecule has 26 heavy (non-hydrogen) atoms. The van der Waals surface area contributed by atoms with Crippen molar-refractivity contribution < 1.29 is 14.4 Å². The lowest BCUT2D eigenvalue weighted by atomic mass is 9.92. The van der Waals surface area contributed by atoms with Gasteiger partial charge in [0, 0.05) is 10.0 Å². The summed E-state index contributed by atoms with van der Waals surface area (Å²) in [5, 5.41) is 2.72. The Balaban J connectivity index is 1.88. The first-order valence-corrected chi connectivity index (χ1v) is 9.02. The molecule has 2 aromatic carbocycles. The van der Waals surface area contributed by atoms with E-state index in [1.54, 1.807) is 31.2 Å². The first kappa shape index (κ1) is 18.3. The summed E-state index contributed by atoms with van der Waals surface area (Å²) in [5.41, 5.74) is 1.77. The topological polar surface area (TPSA) is 66.5 Å². The lowest BCUT2D eigenvalue weighted by Gasteiger charge is -2.22. The van der Waals surface area contributed by atoms with Crippen LogP contribution < -0.4 is 5.32 Å². The summed E-state index contributed by atoms with van der Waals surface area (Å²) in [7, 11) is 0. The number of carbonyl (C=O) groups is 3. The first-order chi connectivity index (χ1) is 12.2. The Morgan fingerprint density at radius 1 is 1.15 bits per heavy atom. The normalized spacial score (nSPS) is 19.6. The van der Waals surface area contributed by atoms with Crippen molar-refractivity contribution in [1.82, 2.24) is 10.2 Å². The van der Waals surface area contributed by atoms with Crippen molar-refractivity contribution >= 4 is 33.7 Å². The van der Waals surface area contributed by atoms with E-state index in [1.807, 2.05) is 32.0 Å². The maximum Gasteiger partial charge on any atom is 0.325 e. The predicted octanol–water partition coefficient (Wildman–Crippen LogP) is 3.72. The van der Waals surface area contributed by atoms with Gasteiger partial charge in [0.05, 0.1) is 6.54 Å². The number of hydrogen-bond donors (Lipinski definition) is 1. The highest BCUT2D eigenvalue weighted by molar-refractivity contribution is 9.10. The predicted molar refractivity (Wildman–Crippen MR) is 102 cm³/mol. The molecule has 0 spiro atoms. The lowest BCUT2D eigenvalue weighted by Crippen LogP contribution is -2.41. The number of rotatable bonds is 4. The molecule has 1 saturated heterocycles. The molecule has 5 nitrogen and oxygen atoms in total. The molecule has 134 valence electrons. The highest BCUT2D eigenvalue weighted by Crippen LogP contribution is 2.30. The summed E-state index contributed by atoms with van der Waals surface area (Å²) in [6, 6.07) is 12.2. The van der Waals surface area contributed by atoms with E-state index >= 15 is 0 Å². The van der Waals surface area contributed by atoms with Gasteiger partial charge in [-0.05, 0) is 50.1 Å². The van der Waals surface area contributed by atoms with Crippen LogP contribution in [0.4, 0.5) is 4.79 Å². The fraction of sp³-hybridized carbons (Fsp3) is 0.250. The largest absolute Gasteiger partial charge is 0.325 e. The van der Waals surface area contributed by atoms with Gasteiger partial charge in [0.2, 0.25) is 0 Å². The van der Waals surface area contributed by atoms with Crippen molar-refractivity contribution in [2.75, 3.05) is 6.54 Å². The minimum absolute atomic E-state index is 0.256. The molecule has 1 fully saturated rings. The molecule has 0 unspecified atom stereocenters. The molecular formula is C20H19BrN2O3. The van der Waals surface area contributed by atoms with Gasteiger partial charge < -0.3 is 5.32 Å². The minimum atomic E-state index is -1.19. The Labute approximate surface area is 160 Å². The van der Waals surface area contributed by atoms with Crippen molar-refractivity contribution in [2.24, 2.45) is 0 Å². The van der Waals surface area contributed by atoms with Crippen LogP contribution in [-0.4, -0.2) is 29.2 Å². The number of halogens is 1. The zero-order chi connectivity index (χ0) is 19.1. The SMILES string of the molecule is Cc1ccc(C)c(C(=O)CN2C(=O)N[C@](C)(c3cccc(Br)c3)C2=O)c1. The average molecular weight is 415 g/mol. The van der Waals surface area contributed by atoms with Crippen LogP contribution >= 0.6 is 15.9 Å². The van der Waals surface area contributed by atoms with E-state index in [1.165, 1.54) is 0 Å². The first-order valence-electron chi connectivity index (χ1n) is 8.23. The van der Waals surface area contributed by atoms with Crippen LogP contribution in [0.2, 0.25) is 0 Å². The van der Waals surface area contributed by atoms with E-state index in [0.717, 1.165) is 20.5 Å². The molecule has 0 aromatic heterocycles. The van der Waals surface area contributed by atoms with Gasteiger partial charge in [-0.2, -0.15) is 0 Å². The van der Waals surface area contributed by atoms with Gasteiger partial charge in [0.1, 0.15) is 5.54 Å². The number of urea groups is 1. The van der Waals surface area contributed by atoms with E-state index in [9.17, 15) is 14.4 Å². The molecule has 1 aliphatic heterocycles. The second-order valence-electron chi connectivity index (χ2n) is 6.70. The van der Waals surface area contributed by atoms with E-state index in [-0.39, 0.29) is 12.3 Å². The summed E-state index contributed by atoms with van der Waals surface area (Å²) in [6.07, 6.45) is 0. The fourth-order valence-corrected chi connectivity index (χ4v) is 3.50. The van der Waals surface area contributed by atoms with Crippen molar-refractivity contribution in [1.29, 1.82) is 0 Å². The van der Waals surface area contributed by atoms with Gasteiger partial charge >= 0.3 is 6.03 Å². The van der Waals surface area contributed by atoms with E-state index in [4.69, 9.17) is 0 Å². The van der Waals surface area contributed by atoms with Crippen LogP contribution in [0, 0.1) is 13.8 Å². The molecule has 1 atom stereocenters. The highest BCUT2D eigenvalue weighted by Gasteiger charge is 2.49. The van der Waals surface area contributed by atoms with Crippen LogP contribution in [0.3, 0.4) is 0 Å². The summed E-state index contributed by atoms with van der Waals surface area (Å²) < 4.78 is 0.809. The highest BCUT2D eigenvalue weighted by atomic mass is 79.9. The third-order valence-electron chi connectivity index (χ3n) is 4.67. The monoisotopic (exact) mass is 414 g/mol. The molecule has 1 heterocycles.